The van der Waals surface area contributed by atoms with E-state index >= 15 is 0 Å². The number of benzene rings is 1. The molecule has 1 unspecified atom stereocenters. The molecule has 1 saturated heterocycles. The molecule has 2 aliphatic rings. The Labute approximate surface area is 162 Å². The molecule has 2 N–H and O–H groups in total. The number of ether oxygens (including phenoxy) is 1. The van der Waals surface area contributed by atoms with Crippen LogP contribution in [0.3, 0.4) is 0 Å². The molecule has 0 saturated carbocycles. The van der Waals surface area contributed by atoms with E-state index in [0.717, 1.165) is 18.7 Å². The van der Waals surface area contributed by atoms with Gasteiger partial charge >= 0.3 is 0 Å². The van der Waals surface area contributed by atoms with E-state index in [9.17, 15) is 14.3 Å². The minimum atomic E-state index is -0.989. The van der Waals surface area contributed by atoms with Gasteiger partial charge in [0.2, 0.25) is 12.3 Å². The number of hydrogen-bond donors (Lipinski definition) is 2. The first kappa shape index (κ1) is 19.9. The molecule has 0 aliphatic carbocycles. The van der Waals surface area contributed by atoms with E-state index in [0.29, 0.717) is 18.8 Å². The Morgan fingerprint density at radius 2 is 2.19 bits per heavy atom. The lowest BCUT2D eigenvalue weighted by Gasteiger charge is -2.28. The van der Waals surface area contributed by atoms with E-state index in [1.54, 1.807) is 24.9 Å². The van der Waals surface area contributed by atoms with E-state index in [-0.39, 0.29) is 23.4 Å². The van der Waals surface area contributed by atoms with Crippen LogP contribution in [0.15, 0.2) is 23.3 Å². The molecule has 1 fully saturated rings. The zero-order valence-electron chi connectivity index (χ0n) is 15.4. The fourth-order valence-corrected chi connectivity index (χ4v) is 3.43. The second kappa shape index (κ2) is 8.41. The van der Waals surface area contributed by atoms with Crippen LogP contribution in [0.4, 0.5) is 4.39 Å². The predicted octanol–water partition coefficient (Wildman–Crippen LogP) is 1.92. The van der Waals surface area contributed by atoms with Crippen molar-refractivity contribution >= 4 is 23.3 Å². The topological polar surface area (TPSA) is 77.4 Å². The van der Waals surface area contributed by atoms with Crippen molar-refractivity contribution < 1.29 is 19.0 Å². The van der Waals surface area contributed by atoms with Gasteiger partial charge < -0.3 is 20.1 Å². The Hall–Kier alpha value is -1.90. The molecule has 1 amide bonds. The van der Waals surface area contributed by atoms with E-state index in [1.165, 1.54) is 17.1 Å². The van der Waals surface area contributed by atoms with Crippen LogP contribution in [-0.4, -0.2) is 59.9 Å². The maximum absolute atomic E-state index is 13.6. The number of halogens is 2. The Morgan fingerprint density at radius 1 is 1.48 bits per heavy atom. The summed E-state index contributed by atoms with van der Waals surface area (Å²) >= 11 is 5.69. The second-order valence-electron chi connectivity index (χ2n) is 6.86. The molecule has 7 nitrogen and oxygen atoms in total. The van der Waals surface area contributed by atoms with Gasteiger partial charge in [-0.3, -0.25) is 4.79 Å². The summed E-state index contributed by atoms with van der Waals surface area (Å²) in [4.78, 5) is 14.1. The van der Waals surface area contributed by atoms with Crippen molar-refractivity contribution in [2.75, 3.05) is 26.8 Å². The third-order valence-corrected chi connectivity index (χ3v) is 5.22. The molecule has 3 rings (SSSR count). The minimum Gasteiger partial charge on any atom is -0.381 e. The lowest BCUT2D eigenvalue weighted by molar-refractivity contribution is -0.128. The van der Waals surface area contributed by atoms with Crippen molar-refractivity contribution in [2.24, 2.45) is 11.0 Å². The zero-order valence-corrected chi connectivity index (χ0v) is 16.1. The first-order valence-corrected chi connectivity index (χ1v) is 9.32. The van der Waals surface area contributed by atoms with Crippen LogP contribution in [0, 0.1) is 11.7 Å². The third-order valence-electron chi connectivity index (χ3n) is 4.92. The van der Waals surface area contributed by atoms with Gasteiger partial charge in [0, 0.05) is 26.2 Å². The van der Waals surface area contributed by atoms with Crippen LogP contribution in [0.5, 0.6) is 0 Å². The van der Waals surface area contributed by atoms with Gasteiger partial charge in [0.15, 0.2) is 0 Å². The fourth-order valence-electron chi connectivity index (χ4n) is 3.31. The lowest BCUT2D eigenvalue weighted by atomic mass is 9.98. The Morgan fingerprint density at radius 3 is 2.85 bits per heavy atom. The van der Waals surface area contributed by atoms with Crippen molar-refractivity contribution in [2.45, 2.75) is 32.2 Å². The van der Waals surface area contributed by atoms with Crippen LogP contribution in [0.2, 0.25) is 5.02 Å². The number of amidine groups is 1. The molecule has 27 heavy (non-hydrogen) atoms. The number of carbonyl (C=O) groups excluding carboxylic acids is 1. The smallest absolute Gasteiger partial charge is 0.241 e. The lowest BCUT2D eigenvalue weighted by Crippen LogP contribution is -2.45. The molecule has 1 aromatic carbocycles. The summed E-state index contributed by atoms with van der Waals surface area (Å²) in [5.41, 5.74) is 0.607. The first-order chi connectivity index (χ1) is 12.9. The Balaban J connectivity index is 1.61. The molecule has 1 aromatic rings. The highest BCUT2D eigenvalue weighted by Gasteiger charge is 2.35. The largest absolute Gasteiger partial charge is 0.381 e. The summed E-state index contributed by atoms with van der Waals surface area (Å²) in [7, 11) is 1.76. The van der Waals surface area contributed by atoms with Gasteiger partial charge in [-0.25, -0.2) is 9.40 Å². The third kappa shape index (κ3) is 4.51. The van der Waals surface area contributed by atoms with Gasteiger partial charge in [-0.05, 0) is 37.5 Å². The van der Waals surface area contributed by atoms with E-state index < -0.39 is 18.2 Å². The number of nitrogens with zero attached hydrogens (tertiary/aromatic N) is 3. The molecular formula is C18H24ClFN4O3. The molecule has 0 bridgehead atoms. The second-order valence-corrected chi connectivity index (χ2v) is 7.27. The maximum Gasteiger partial charge on any atom is 0.241 e. The van der Waals surface area contributed by atoms with E-state index in [4.69, 9.17) is 16.3 Å². The average Bonchev–Trinajstić information content (AvgIpc) is 2.93. The molecule has 2 heterocycles. The summed E-state index contributed by atoms with van der Waals surface area (Å²) in [6.45, 7) is 3.00. The van der Waals surface area contributed by atoms with Gasteiger partial charge in [-0.2, -0.15) is 5.10 Å². The predicted molar refractivity (Wildman–Crippen MR) is 99.4 cm³/mol. The number of aliphatic hydroxyl groups excluding tert-OH is 1. The zero-order chi connectivity index (χ0) is 19.6. The molecule has 0 aromatic heterocycles. The van der Waals surface area contributed by atoms with Gasteiger partial charge in [0.05, 0.1) is 11.1 Å². The maximum atomic E-state index is 13.6. The summed E-state index contributed by atoms with van der Waals surface area (Å²) in [6, 6.07) is 4.02. The summed E-state index contributed by atoms with van der Waals surface area (Å²) in [5.74, 6) is 0.133. The van der Waals surface area contributed by atoms with E-state index in [2.05, 4.69) is 10.4 Å². The van der Waals surface area contributed by atoms with Crippen molar-refractivity contribution in [1.82, 2.24) is 15.2 Å². The van der Waals surface area contributed by atoms with Crippen LogP contribution in [-0.2, 0) is 9.53 Å². The molecule has 148 valence electrons. The van der Waals surface area contributed by atoms with Crippen LogP contribution < -0.4 is 5.32 Å². The standard InChI is InChI=1S/C18H24ClFN4O3/c1-11(13-3-4-14(19)15(20)9-13)21-16(25)10-24-18(26)23(2)17(22-24)12-5-7-27-8-6-12/h3-4,9,11-12,18,26H,5-8,10H2,1-2H3,(H,21,25)/t11-,18?/m0/s1. The van der Waals surface area contributed by atoms with Gasteiger partial charge in [-0.1, -0.05) is 17.7 Å². The fraction of sp³-hybridized carbons (Fsp3) is 0.556. The molecule has 9 heteroatoms. The number of nitrogens with one attached hydrogen (secondary N) is 1. The van der Waals surface area contributed by atoms with Gasteiger partial charge in [0.1, 0.15) is 18.2 Å². The molecule has 2 atom stereocenters. The Bertz CT molecular complexity index is 727. The number of amides is 1. The molecule has 2 aliphatic heterocycles. The highest BCUT2D eigenvalue weighted by Crippen LogP contribution is 2.25. The van der Waals surface area contributed by atoms with Crippen LogP contribution in [0.25, 0.3) is 0 Å². The van der Waals surface area contributed by atoms with Crippen molar-refractivity contribution in [3.05, 3.63) is 34.6 Å². The normalized spacial score (nSPS) is 22.0. The number of carbonyl (C=O) groups is 1. The Kier molecular flexibility index (Phi) is 6.18. The van der Waals surface area contributed by atoms with Crippen LogP contribution in [0.1, 0.15) is 31.4 Å². The first-order valence-electron chi connectivity index (χ1n) is 8.95. The number of hydrazone groups is 1. The highest BCUT2D eigenvalue weighted by molar-refractivity contribution is 6.30. The average molecular weight is 399 g/mol. The van der Waals surface area contributed by atoms with Crippen molar-refractivity contribution in [3.63, 3.8) is 0 Å². The van der Waals surface area contributed by atoms with Crippen LogP contribution >= 0.6 is 11.6 Å². The number of aliphatic hydroxyl groups is 1. The molecule has 0 spiro atoms. The SMILES string of the molecule is C[C@H](NC(=O)CN1N=C(C2CCOCC2)N(C)C1O)c1ccc(Cl)c(F)c1. The monoisotopic (exact) mass is 398 g/mol. The van der Waals surface area contributed by atoms with Crippen molar-refractivity contribution in [1.29, 1.82) is 0 Å². The van der Waals surface area contributed by atoms with Crippen molar-refractivity contribution in [3.8, 4) is 0 Å². The number of rotatable bonds is 5. The van der Waals surface area contributed by atoms with E-state index in [1.807, 2.05) is 0 Å². The van der Waals surface area contributed by atoms with Gasteiger partial charge in [0.25, 0.3) is 0 Å². The summed E-state index contributed by atoms with van der Waals surface area (Å²) < 4.78 is 19.0. The minimum absolute atomic E-state index is 0.0375. The summed E-state index contributed by atoms with van der Waals surface area (Å²) in [5, 5.41) is 19.0. The highest BCUT2D eigenvalue weighted by atomic mass is 35.5. The quantitative estimate of drug-likeness (QED) is 0.792. The molecule has 0 radical (unpaired) electrons. The summed E-state index contributed by atoms with van der Waals surface area (Å²) in [6.07, 6.45) is 0.696. The molecular weight excluding hydrogens is 375 g/mol. The van der Waals surface area contributed by atoms with Gasteiger partial charge in [-0.15, -0.1) is 0 Å². The number of hydrogen-bond acceptors (Lipinski definition) is 6.